The molecule has 2 rings (SSSR count). The maximum absolute atomic E-state index is 11.6. The number of carbonyl (C=O) groups is 1. The number of benzene rings is 1. The highest BCUT2D eigenvalue weighted by molar-refractivity contribution is 9.10. The summed E-state index contributed by atoms with van der Waals surface area (Å²) in [5.41, 5.74) is 1.39. The van der Waals surface area contributed by atoms with Crippen LogP contribution in [0.3, 0.4) is 0 Å². The molecule has 1 aromatic heterocycles. The summed E-state index contributed by atoms with van der Waals surface area (Å²) >= 11 is 3.41. The fourth-order valence-corrected chi connectivity index (χ4v) is 2.10. The number of rotatable bonds is 3. The molecule has 0 saturated carbocycles. The van der Waals surface area contributed by atoms with Crippen LogP contribution < -0.4 is 4.74 Å². The predicted molar refractivity (Wildman–Crippen MR) is 74.5 cm³/mol. The highest BCUT2D eigenvalue weighted by atomic mass is 79.9. The standard InChI is InChI=1S/C14H12BrNO3/c1-9-5-6-12(11(15)8-9)19-13-10(14(17)18-2)4-3-7-16-13/h3-8H,1-2H3. The van der Waals surface area contributed by atoms with Crippen LogP contribution in [-0.2, 0) is 4.74 Å². The second kappa shape index (κ2) is 5.84. The van der Waals surface area contributed by atoms with E-state index in [0.29, 0.717) is 5.75 Å². The highest BCUT2D eigenvalue weighted by Crippen LogP contribution is 2.31. The van der Waals surface area contributed by atoms with Gasteiger partial charge in [0.1, 0.15) is 11.3 Å². The summed E-state index contributed by atoms with van der Waals surface area (Å²) in [6.07, 6.45) is 1.56. The van der Waals surface area contributed by atoms with Crippen molar-refractivity contribution in [2.45, 2.75) is 6.92 Å². The summed E-state index contributed by atoms with van der Waals surface area (Å²) < 4.78 is 11.2. The number of esters is 1. The van der Waals surface area contributed by atoms with Gasteiger partial charge in [-0.2, -0.15) is 0 Å². The van der Waals surface area contributed by atoms with Gasteiger partial charge >= 0.3 is 5.97 Å². The first-order valence-electron chi connectivity index (χ1n) is 5.59. The SMILES string of the molecule is COC(=O)c1cccnc1Oc1ccc(C)cc1Br. The quantitative estimate of drug-likeness (QED) is 0.808. The molecule has 0 aliphatic carbocycles. The van der Waals surface area contributed by atoms with Gasteiger partial charge in [0, 0.05) is 6.20 Å². The van der Waals surface area contributed by atoms with Crippen molar-refractivity contribution in [2.75, 3.05) is 7.11 Å². The van der Waals surface area contributed by atoms with Gasteiger partial charge in [-0.15, -0.1) is 0 Å². The Kier molecular flexibility index (Phi) is 4.16. The monoisotopic (exact) mass is 321 g/mol. The second-order valence-electron chi connectivity index (χ2n) is 3.88. The zero-order valence-corrected chi connectivity index (χ0v) is 12.1. The zero-order valence-electron chi connectivity index (χ0n) is 10.5. The number of carbonyl (C=O) groups excluding carboxylic acids is 1. The van der Waals surface area contributed by atoms with Crippen molar-refractivity contribution in [1.82, 2.24) is 4.98 Å². The van der Waals surface area contributed by atoms with E-state index < -0.39 is 5.97 Å². The summed E-state index contributed by atoms with van der Waals surface area (Å²) in [5, 5.41) is 0. The molecular weight excluding hydrogens is 310 g/mol. The number of hydrogen-bond acceptors (Lipinski definition) is 4. The summed E-state index contributed by atoms with van der Waals surface area (Å²) in [4.78, 5) is 15.7. The van der Waals surface area contributed by atoms with Crippen LogP contribution >= 0.6 is 15.9 Å². The average Bonchev–Trinajstić information content (AvgIpc) is 2.41. The molecule has 0 saturated heterocycles. The van der Waals surface area contributed by atoms with Gasteiger partial charge in [-0.05, 0) is 52.7 Å². The van der Waals surface area contributed by atoms with E-state index in [4.69, 9.17) is 9.47 Å². The Labute approximate surface area is 119 Å². The van der Waals surface area contributed by atoms with Gasteiger partial charge < -0.3 is 9.47 Å². The van der Waals surface area contributed by atoms with Crippen LogP contribution in [0.25, 0.3) is 0 Å². The minimum atomic E-state index is -0.480. The van der Waals surface area contributed by atoms with Crippen molar-refractivity contribution in [2.24, 2.45) is 0 Å². The van der Waals surface area contributed by atoms with E-state index >= 15 is 0 Å². The van der Waals surface area contributed by atoms with E-state index in [2.05, 4.69) is 20.9 Å². The molecule has 0 atom stereocenters. The minimum Gasteiger partial charge on any atom is -0.465 e. The minimum absolute atomic E-state index is 0.221. The Morgan fingerprint density at radius 2 is 2.11 bits per heavy atom. The maximum atomic E-state index is 11.6. The third-order valence-electron chi connectivity index (χ3n) is 2.47. The lowest BCUT2D eigenvalue weighted by Gasteiger charge is -2.10. The predicted octanol–water partition coefficient (Wildman–Crippen LogP) is 3.73. The number of aromatic nitrogens is 1. The van der Waals surface area contributed by atoms with Gasteiger partial charge in [-0.25, -0.2) is 9.78 Å². The molecule has 0 fully saturated rings. The molecule has 19 heavy (non-hydrogen) atoms. The number of nitrogens with zero attached hydrogens (tertiary/aromatic N) is 1. The Balaban J connectivity index is 2.35. The lowest BCUT2D eigenvalue weighted by molar-refractivity contribution is 0.0597. The third-order valence-corrected chi connectivity index (χ3v) is 3.09. The molecule has 0 amide bonds. The fraction of sp³-hybridized carbons (Fsp3) is 0.143. The van der Waals surface area contributed by atoms with E-state index in [0.717, 1.165) is 10.0 Å². The van der Waals surface area contributed by atoms with Crippen molar-refractivity contribution in [1.29, 1.82) is 0 Å². The number of methoxy groups -OCH3 is 1. The molecule has 5 heteroatoms. The number of pyridine rings is 1. The Hall–Kier alpha value is -1.88. The molecule has 2 aromatic rings. The van der Waals surface area contributed by atoms with Gasteiger partial charge in [0.05, 0.1) is 11.6 Å². The van der Waals surface area contributed by atoms with Crippen LogP contribution in [0.4, 0.5) is 0 Å². The van der Waals surface area contributed by atoms with Crippen molar-refractivity contribution >= 4 is 21.9 Å². The van der Waals surface area contributed by atoms with Gasteiger partial charge in [0.25, 0.3) is 0 Å². The van der Waals surface area contributed by atoms with Crippen molar-refractivity contribution < 1.29 is 14.3 Å². The summed E-state index contributed by atoms with van der Waals surface area (Å²) in [6.45, 7) is 1.98. The third kappa shape index (κ3) is 3.12. The fourth-order valence-electron chi connectivity index (χ4n) is 1.53. The normalized spacial score (nSPS) is 10.1. The second-order valence-corrected chi connectivity index (χ2v) is 4.74. The van der Waals surface area contributed by atoms with Crippen LogP contribution in [0.5, 0.6) is 11.6 Å². The molecule has 0 unspecified atom stereocenters. The molecule has 1 heterocycles. The molecule has 0 spiro atoms. The Bertz CT molecular complexity index is 613. The summed E-state index contributed by atoms with van der Waals surface area (Å²) in [6, 6.07) is 8.92. The van der Waals surface area contributed by atoms with Gasteiger partial charge in [-0.1, -0.05) is 6.07 Å². The van der Waals surface area contributed by atoms with E-state index in [9.17, 15) is 4.79 Å². The molecule has 0 N–H and O–H groups in total. The van der Waals surface area contributed by atoms with Crippen LogP contribution in [0.15, 0.2) is 41.0 Å². The lowest BCUT2D eigenvalue weighted by Crippen LogP contribution is -2.05. The summed E-state index contributed by atoms with van der Waals surface area (Å²) in [7, 11) is 1.32. The Morgan fingerprint density at radius 3 is 2.79 bits per heavy atom. The summed E-state index contributed by atoms with van der Waals surface area (Å²) in [5.74, 6) is 0.333. The molecule has 0 radical (unpaired) electrons. The molecule has 1 aromatic carbocycles. The van der Waals surface area contributed by atoms with Crippen LogP contribution in [0.2, 0.25) is 0 Å². The molecule has 0 aliphatic heterocycles. The lowest BCUT2D eigenvalue weighted by atomic mass is 10.2. The molecule has 0 aliphatic rings. The number of halogens is 1. The molecule has 0 bridgehead atoms. The van der Waals surface area contributed by atoms with Crippen LogP contribution in [0, 0.1) is 6.92 Å². The first-order chi connectivity index (χ1) is 9.11. The zero-order chi connectivity index (χ0) is 13.8. The molecule has 4 nitrogen and oxygen atoms in total. The number of ether oxygens (including phenoxy) is 2. The van der Waals surface area contributed by atoms with E-state index in [1.165, 1.54) is 7.11 Å². The van der Waals surface area contributed by atoms with E-state index in [-0.39, 0.29) is 11.4 Å². The van der Waals surface area contributed by atoms with Gasteiger partial charge in [0.2, 0.25) is 5.88 Å². The van der Waals surface area contributed by atoms with Gasteiger partial charge in [0.15, 0.2) is 0 Å². The van der Waals surface area contributed by atoms with Crippen molar-refractivity contribution in [3.63, 3.8) is 0 Å². The highest BCUT2D eigenvalue weighted by Gasteiger charge is 2.15. The number of hydrogen-bond donors (Lipinski definition) is 0. The van der Waals surface area contributed by atoms with Crippen LogP contribution in [-0.4, -0.2) is 18.1 Å². The van der Waals surface area contributed by atoms with E-state index in [1.54, 1.807) is 18.3 Å². The van der Waals surface area contributed by atoms with Gasteiger partial charge in [-0.3, -0.25) is 0 Å². The smallest absolute Gasteiger partial charge is 0.343 e. The average molecular weight is 322 g/mol. The van der Waals surface area contributed by atoms with Crippen molar-refractivity contribution in [3.8, 4) is 11.6 Å². The Morgan fingerprint density at radius 1 is 1.32 bits per heavy atom. The van der Waals surface area contributed by atoms with E-state index in [1.807, 2.05) is 25.1 Å². The first-order valence-corrected chi connectivity index (χ1v) is 6.38. The topological polar surface area (TPSA) is 48.4 Å². The largest absolute Gasteiger partial charge is 0.465 e. The van der Waals surface area contributed by atoms with Crippen LogP contribution in [0.1, 0.15) is 15.9 Å². The molecule has 98 valence electrons. The first kappa shape index (κ1) is 13.5. The molecular formula is C14H12BrNO3. The van der Waals surface area contributed by atoms with Crippen molar-refractivity contribution in [3.05, 3.63) is 52.1 Å². The number of aryl methyl sites for hydroxylation is 1. The maximum Gasteiger partial charge on any atom is 0.343 e.